The number of ether oxygens (including phenoxy) is 1. The van der Waals surface area contributed by atoms with E-state index in [4.69, 9.17) is 4.74 Å². The molecule has 0 aliphatic carbocycles. The monoisotopic (exact) mass is 335 g/mol. The lowest BCUT2D eigenvalue weighted by Gasteiger charge is -2.12. The highest BCUT2D eigenvalue weighted by Gasteiger charge is 2.35. The Balaban J connectivity index is 2.36. The fraction of sp³-hybridized carbons (Fsp3) is 0.0833. The molecule has 0 bridgehead atoms. The Hall–Kier alpha value is -1.63. The zero-order valence-corrected chi connectivity index (χ0v) is 10.8. The normalized spacial score (nSPS) is 11.4. The van der Waals surface area contributed by atoms with Gasteiger partial charge in [0, 0.05) is 6.20 Å². The fourth-order valence-electron chi connectivity index (χ4n) is 1.34. The van der Waals surface area contributed by atoms with Crippen LogP contribution in [0.15, 0.2) is 41.0 Å². The molecule has 7 heteroatoms. The van der Waals surface area contributed by atoms with Crippen LogP contribution in [0.2, 0.25) is 0 Å². The molecule has 2 nitrogen and oxygen atoms in total. The van der Waals surface area contributed by atoms with Crippen molar-refractivity contribution in [1.29, 1.82) is 0 Å². The van der Waals surface area contributed by atoms with E-state index in [0.717, 1.165) is 18.2 Å². The van der Waals surface area contributed by atoms with Gasteiger partial charge in [-0.15, -0.1) is 0 Å². The van der Waals surface area contributed by atoms with Crippen LogP contribution in [0.1, 0.15) is 5.56 Å². The van der Waals surface area contributed by atoms with E-state index in [1.54, 1.807) is 0 Å². The Morgan fingerprint density at radius 3 is 2.53 bits per heavy atom. The lowest BCUT2D eigenvalue weighted by molar-refractivity contribution is -0.138. The number of hydrogen-bond donors (Lipinski definition) is 0. The van der Waals surface area contributed by atoms with E-state index in [1.807, 2.05) is 0 Å². The third kappa shape index (κ3) is 3.23. The molecular weight excluding hydrogens is 330 g/mol. The molecule has 0 spiro atoms. The van der Waals surface area contributed by atoms with Gasteiger partial charge in [0.1, 0.15) is 17.1 Å². The van der Waals surface area contributed by atoms with Crippen LogP contribution in [-0.4, -0.2) is 4.98 Å². The predicted molar refractivity (Wildman–Crippen MR) is 63.4 cm³/mol. The van der Waals surface area contributed by atoms with Gasteiger partial charge in [-0.3, -0.25) is 0 Å². The first-order valence-electron chi connectivity index (χ1n) is 5.03. The first kappa shape index (κ1) is 13.8. The van der Waals surface area contributed by atoms with E-state index in [1.165, 1.54) is 18.3 Å². The molecule has 0 unspecified atom stereocenters. The number of pyridine rings is 1. The highest BCUT2D eigenvalue weighted by molar-refractivity contribution is 9.10. The molecule has 2 rings (SSSR count). The summed E-state index contributed by atoms with van der Waals surface area (Å²) in [6.45, 7) is 0. The van der Waals surface area contributed by atoms with Gasteiger partial charge < -0.3 is 4.74 Å². The Kier molecular flexibility index (Phi) is 3.75. The Labute approximate surface area is 114 Å². The first-order chi connectivity index (χ1) is 8.88. The van der Waals surface area contributed by atoms with Gasteiger partial charge in [0.2, 0.25) is 5.88 Å². The summed E-state index contributed by atoms with van der Waals surface area (Å²) in [5.41, 5.74) is -0.990. The lowest BCUT2D eigenvalue weighted by Crippen LogP contribution is -2.08. The number of aromatic nitrogens is 1. The van der Waals surface area contributed by atoms with Crippen molar-refractivity contribution in [2.45, 2.75) is 6.18 Å². The molecule has 0 amide bonds. The maximum atomic E-state index is 13.0. The summed E-state index contributed by atoms with van der Waals surface area (Å²) in [4.78, 5) is 3.54. The van der Waals surface area contributed by atoms with Crippen molar-refractivity contribution in [3.63, 3.8) is 0 Å². The van der Waals surface area contributed by atoms with Crippen LogP contribution in [0.5, 0.6) is 11.6 Å². The third-order valence-corrected chi connectivity index (χ3v) is 2.79. The third-order valence-electron chi connectivity index (χ3n) is 2.18. The fourth-order valence-corrected chi connectivity index (χ4v) is 1.70. The molecule has 0 N–H and O–H groups in total. The Morgan fingerprint density at radius 2 is 1.89 bits per heavy atom. The summed E-state index contributed by atoms with van der Waals surface area (Å²) in [5.74, 6) is -1.06. The van der Waals surface area contributed by atoms with Gasteiger partial charge in [-0.2, -0.15) is 13.2 Å². The van der Waals surface area contributed by atoms with Crippen LogP contribution in [0.25, 0.3) is 0 Å². The average molecular weight is 336 g/mol. The zero-order chi connectivity index (χ0) is 14.0. The molecule has 0 saturated carbocycles. The van der Waals surface area contributed by atoms with Gasteiger partial charge >= 0.3 is 6.18 Å². The average Bonchev–Trinajstić information content (AvgIpc) is 2.33. The van der Waals surface area contributed by atoms with Crippen LogP contribution >= 0.6 is 15.9 Å². The summed E-state index contributed by atoms with van der Waals surface area (Å²) in [6.07, 6.45) is -3.38. The number of alkyl halides is 3. The van der Waals surface area contributed by atoms with Crippen molar-refractivity contribution in [1.82, 2.24) is 4.98 Å². The Bertz CT molecular complexity index is 601. The molecule has 1 aromatic carbocycles. The number of nitrogens with zero attached hydrogens (tertiary/aromatic N) is 1. The minimum atomic E-state index is -4.57. The summed E-state index contributed by atoms with van der Waals surface area (Å²) in [5, 5.41) is 0. The zero-order valence-electron chi connectivity index (χ0n) is 9.21. The van der Waals surface area contributed by atoms with E-state index < -0.39 is 23.4 Å². The summed E-state index contributed by atoms with van der Waals surface area (Å²) in [6, 6.07) is 5.55. The van der Waals surface area contributed by atoms with E-state index in [-0.39, 0.29) is 10.2 Å². The van der Waals surface area contributed by atoms with Gasteiger partial charge in [-0.25, -0.2) is 9.37 Å². The second-order valence-electron chi connectivity index (χ2n) is 3.53. The molecule has 19 heavy (non-hydrogen) atoms. The van der Waals surface area contributed by atoms with Crippen molar-refractivity contribution < 1.29 is 22.3 Å². The van der Waals surface area contributed by atoms with E-state index in [0.29, 0.717) is 0 Å². The maximum Gasteiger partial charge on any atom is 0.421 e. The van der Waals surface area contributed by atoms with Gasteiger partial charge in [0.25, 0.3) is 0 Å². The van der Waals surface area contributed by atoms with Crippen molar-refractivity contribution in [3.05, 3.63) is 52.4 Å². The van der Waals surface area contributed by atoms with Gasteiger partial charge in [-0.1, -0.05) is 0 Å². The Morgan fingerprint density at radius 1 is 1.16 bits per heavy atom. The van der Waals surface area contributed by atoms with Crippen LogP contribution in [0.3, 0.4) is 0 Å². The van der Waals surface area contributed by atoms with Gasteiger partial charge in [0.05, 0.1) is 4.47 Å². The molecule has 100 valence electrons. The molecule has 0 saturated heterocycles. The van der Waals surface area contributed by atoms with Crippen molar-refractivity contribution in [2.24, 2.45) is 0 Å². The molecule has 0 fully saturated rings. The predicted octanol–water partition coefficient (Wildman–Crippen LogP) is 4.79. The highest BCUT2D eigenvalue weighted by atomic mass is 79.9. The van der Waals surface area contributed by atoms with E-state index in [2.05, 4.69) is 20.9 Å². The smallest absolute Gasteiger partial charge is 0.421 e. The van der Waals surface area contributed by atoms with E-state index >= 15 is 0 Å². The molecule has 1 aromatic heterocycles. The SMILES string of the molecule is Fc1ccc(Oc2ncccc2C(F)(F)F)cc1Br. The van der Waals surface area contributed by atoms with Crippen molar-refractivity contribution >= 4 is 15.9 Å². The molecule has 0 radical (unpaired) electrons. The first-order valence-corrected chi connectivity index (χ1v) is 5.82. The number of hydrogen-bond acceptors (Lipinski definition) is 2. The summed E-state index contributed by atoms with van der Waals surface area (Å²) >= 11 is 2.92. The second-order valence-corrected chi connectivity index (χ2v) is 4.39. The number of rotatable bonds is 2. The number of benzene rings is 1. The number of halogens is 5. The van der Waals surface area contributed by atoms with Crippen molar-refractivity contribution in [3.8, 4) is 11.6 Å². The molecule has 1 heterocycles. The summed E-state index contributed by atoms with van der Waals surface area (Å²) in [7, 11) is 0. The molecular formula is C12H6BrF4NO. The van der Waals surface area contributed by atoms with Crippen LogP contribution in [0, 0.1) is 5.82 Å². The topological polar surface area (TPSA) is 22.1 Å². The molecule has 0 aliphatic rings. The highest BCUT2D eigenvalue weighted by Crippen LogP contribution is 2.36. The van der Waals surface area contributed by atoms with Crippen LogP contribution in [0.4, 0.5) is 17.6 Å². The lowest BCUT2D eigenvalue weighted by atomic mass is 10.2. The minimum Gasteiger partial charge on any atom is -0.438 e. The standard InChI is InChI=1S/C12H6BrF4NO/c13-9-6-7(3-4-10(9)14)19-11-8(12(15,16)17)2-1-5-18-11/h1-6H. The minimum absolute atomic E-state index is 0.0532. The molecule has 0 atom stereocenters. The van der Waals surface area contributed by atoms with Crippen molar-refractivity contribution in [2.75, 3.05) is 0 Å². The van der Waals surface area contributed by atoms with Crippen LogP contribution < -0.4 is 4.74 Å². The maximum absolute atomic E-state index is 13.0. The summed E-state index contributed by atoms with van der Waals surface area (Å²) < 4.78 is 56.3. The van der Waals surface area contributed by atoms with Gasteiger partial charge in [-0.05, 0) is 46.3 Å². The molecule has 2 aromatic rings. The molecule has 0 aliphatic heterocycles. The second kappa shape index (κ2) is 5.16. The largest absolute Gasteiger partial charge is 0.438 e. The van der Waals surface area contributed by atoms with Gasteiger partial charge in [0.15, 0.2) is 0 Å². The van der Waals surface area contributed by atoms with Crippen LogP contribution in [-0.2, 0) is 6.18 Å². The van der Waals surface area contributed by atoms with E-state index in [9.17, 15) is 17.6 Å². The quantitative estimate of drug-likeness (QED) is 0.736.